The second-order valence-electron chi connectivity index (χ2n) is 5.54. The fraction of sp³-hybridized carbons (Fsp3) is 0.917. The molecule has 1 saturated heterocycles. The third-order valence-corrected chi connectivity index (χ3v) is 3.79. The van der Waals surface area contributed by atoms with E-state index in [1.165, 1.54) is 19.3 Å². The molecule has 0 atom stereocenters. The summed E-state index contributed by atoms with van der Waals surface area (Å²) >= 11 is 0. The number of nitrogens with zero attached hydrogens (tertiary/aromatic N) is 1. The molecule has 2 fully saturated rings. The van der Waals surface area contributed by atoms with Gasteiger partial charge in [-0.2, -0.15) is 0 Å². The van der Waals surface area contributed by atoms with Gasteiger partial charge in [-0.05, 0) is 32.6 Å². The Morgan fingerprint density at radius 3 is 2.73 bits per heavy atom. The first-order valence-electron chi connectivity index (χ1n) is 6.11. The third-order valence-electron chi connectivity index (χ3n) is 3.79. The maximum absolute atomic E-state index is 12.1. The van der Waals surface area contributed by atoms with Crippen LogP contribution < -0.4 is 5.32 Å². The maximum Gasteiger partial charge on any atom is 0.223 e. The van der Waals surface area contributed by atoms with Crippen LogP contribution in [0.5, 0.6) is 0 Å². The molecule has 1 amide bonds. The van der Waals surface area contributed by atoms with Crippen LogP contribution in [0.25, 0.3) is 0 Å². The van der Waals surface area contributed by atoms with E-state index in [1.54, 1.807) is 0 Å². The predicted octanol–water partition coefficient (Wildman–Crippen LogP) is 1.39. The van der Waals surface area contributed by atoms with Gasteiger partial charge in [-0.25, -0.2) is 0 Å². The molecular formula is C12H22N2O. The van der Waals surface area contributed by atoms with Crippen LogP contribution in [-0.2, 0) is 4.79 Å². The van der Waals surface area contributed by atoms with Gasteiger partial charge in [0.05, 0.1) is 0 Å². The highest BCUT2D eigenvalue weighted by molar-refractivity contribution is 5.77. The minimum absolute atomic E-state index is 0.000912. The molecule has 0 aromatic heterocycles. The second kappa shape index (κ2) is 4.12. The average molecular weight is 210 g/mol. The van der Waals surface area contributed by atoms with E-state index in [9.17, 15) is 4.79 Å². The lowest BCUT2D eigenvalue weighted by Crippen LogP contribution is -2.60. The number of piperazine rings is 1. The number of amides is 1. The number of carbonyl (C=O) groups is 1. The van der Waals surface area contributed by atoms with Crippen molar-refractivity contribution in [2.75, 3.05) is 19.6 Å². The zero-order chi connectivity index (χ0) is 10.9. The number of rotatable bonds is 2. The molecule has 3 heteroatoms. The normalized spacial score (nSPS) is 26.1. The van der Waals surface area contributed by atoms with Crippen LogP contribution in [0.3, 0.4) is 0 Å². The molecule has 0 unspecified atom stereocenters. The SMILES string of the molecule is CC1(C)CNCCN1C(=O)CC1CCC1. The van der Waals surface area contributed by atoms with E-state index in [0.717, 1.165) is 26.1 Å². The highest BCUT2D eigenvalue weighted by atomic mass is 16.2. The Bertz CT molecular complexity index is 246. The molecule has 0 bridgehead atoms. The Labute approximate surface area is 92.2 Å². The van der Waals surface area contributed by atoms with Crippen LogP contribution in [0.1, 0.15) is 39.5 Å². The minimum Gasteiger partial charge on any atom is -0.335 e. The molecule has 0 spiro atoms. The van der Waals surface area contributed by atoms with Crippen LogP contribution in [0.2, 0.25) is 0 Å². The molecule has 0 radical (unpaired) electrons. The van der Waals surface area contributed by atoms with Crippen LogP contribution in [0, 0.1) is 5.92 Å². The fourth-order valence-electron chi connectivity index (χ4n) is 2.50. The summed E-state index contributed by atoms with van der Waals surface area (Å²) < 4.78 is 0. The van der Waals surface area contributed by atoms with Gasteiger partial charge in [0.1, 0.15) is 0 Å². The quantitative estimate of drug-likeness (QED) is 0.747. The van der Waals surface area contributed by atoms with Crippen molar-refractivity contribution in [3.8, 4) is 0 Å². The topological polar surface area (TPSA) is 32.3 Å². The van der Waals surface area contributed by atoms with Crippen molar-refractivity contribution in [3.05, 3.63) is 0 Å². The highest BCUT2D eigenvalue weighted by Gasteiger charge is 2.34. The molecule has 3 nitrogen and oxygen atoms in total. The summed E-state index contributed by atoms with van der Waals surface area (Å²) in [4.78, 5) is 14.2. The lowest BCUT2D eigenvalue weighted by molar-refractivity contribution is -0.139. The Kier molecular flexibility index (Phi) is 3.01. The van der Waals surface area contributed by atoms with E-state index >= 15 is 0 Å². The molecule has 15 heavy (non-hydrogen) atoms. The lowest BCUT2D eigenvalue weighted by atomic mass is 9.82. The summed E-state index contributed by atoms with van der Waals surface area (Å²) in [7, 11) is 0. The van der Waals surface area contributed by atoms with E-state index in [2.05, 4.69) is 24.1 Å². The van der Waals surface area contributed by atoms with Gasteiger partial charge < -0.3 is 10.2 Å². The Morgan fingerprint density at radius 1 is 1.47 bits per heavy atom. The third kappa shape index (κ3) is 2.33. The van der Waals surface area contributed by atoms with Crippen LogP contribution >= 0.6 is 0 Å². The Morgan fingerprint density at radius 2 is 2.20 bits per heavy atom. The average Bonchev–Trinajstić information content (AvgIpc) is 2.10. The number of nitrogens with one attached hydrogen (secondary N) is 1. The van der Waals surface area contributed by atoms with Crippen molar-refractivity contribution in [3.63, 3.8) is 0 Å². The molecule has 0 aromatic carbocycles. The monoisotopic (exact) mass is 210 g/mol. The molecule has 1 saturated carbocycles. The molecule has 1 heterocycles. The summed E-state index contributed by atoms with van der Waals surface area (Å²) in [5.41, 5.74) is -0.000912. The summed E-state index contributed by atoms with van der Waals surface area (Å²) in [5.74, 6) is 1.05. The van der Waals surface area contributed by atoms with Gasteiger partial charge >= 0.3 is 0 Å². The molecule has 2 aliphatic rings. The van der Waals surface area contributed by atoms with E-state index in [1.807, 2.05) is 0 Å². The number of hydrogen-bond acceptors (Lipinski definition) is 2. The zero-order valence-electron chi connectivity index (χ0n) is 9.88. The van der Waals surface area contributed by atoms with E-state index in [0.29, 0.717) is 11.8 Å². The standard InChI is InChI=1S/C12H22N2O/c1-12(2)9-13-6-7-14(12)11(15)8-10-4-3-5-10/h10,13H,3-9H2,1-2H3. The molecule has 0 aromatic rings. The first-order chi connectivity index (χ1) is 7.09. The highest BCUT2D eigenvalue weighted by Crippen LogP contribution is 2.31. The zero-order valence-corrected chi connectivity index (χ0v) is 9.88. The van der Waals surface area contributed by atoms with Crippen LogP contribution in [0.4, 0.5) is 0 Å². The first-order valence-corrected chi connectivity index (χ1v) is 6.11. The molecule has 1 aliphatic heterocycles. The van der Waals surface area contributed by atoms with Gasteiger partial charge in [0.25, 0.3) is 0 Å². The van der Waals surface area contributed by atoms with Gasteiger partial charge in [-0.1, -0.05) is 6.42 Å². The fourth-order valence-corrected chi connectivity index (χ4v) is 2.50. The Hall–Kier alpha value is -0.570. The van der Waals surface area contributed by atoms with E-state index in [4.69, 9.17) is 0 Å². The van der Waals surface area contributed by atoms with Crippen molar-refractivity contribution in [1.82, 2.24) is 10.2 Å². The van der Waals surface area contributed by atoms with Crippen LogP contribution in [0.15, 0.2) is 0 Å². The van der Waals surface area contributed by atoms with E-state index < -0.39 is 0 Å². The first kappa shape index (κ1) is 10.9. The van der Waals surface area contributed by atoms with Gasteiger partial charge in [0.2, 0.25) is 5.91 Å². The van der Waals surface area contributed by atoms with Crippen molar-refractivity contribution in [2.24, 2.45) is 5.92 Å². The molecule has 86 valence electrons. The number of carbonyl (C=O) groups excluding carboxylic acids is 1. The summed E-state index contributed by atoms with van der Waals surface area (Å²) in [6, 6.07) is 0. The van der Waals surface area contributed by atoms with Gasteiger partial charge in [-0.15, -0.1) is 0 Å². The van der Waals surface area contributed by atoms with Gasteiger partial charge in [0, 0.05) is 31.6 Å². The van der Waals surface area contributed by atoms with Crippen LogP contribution in [-0.4, -0.2) is 36.0 Å². The molecular weight excluding hydrogens is 188 g/mol. The minimum atomic E-state index is -0.000912. The van der Waals surface area contributed by atoms with Crippen molar-refractivity contribution >= 4 is 5.91 Å². The number of hydrogen-bond donors (Lipinski definition) is 1. The van der Waals surface area contributed by atoms with Crippen molar-refractivity contribution < 1.29 is 4.79 Å². The summed E-state index contributed by atoms with van der Waals surface area (Å²) in [5, 5.41) is 3.35. The smallest absolute Gasteiger partial charge is 0.223 e. The molecule has 1 aliphatic carbocycles. The van der Waals surface area contributed by atoms with Gasteiger partial charge in [0.15, 0.2) is 0 Å². The van der Waals surface area contributed by atoms with E-state index in [-0.39, 0.29) is 5.54 Å². The molecule has 2 rings (SSSR count). The maximum atomic E-state index is 12.1. The summed E-state index contributed by atoms with van der Waals surface area (Å²) in [6.45, 7) is 7.04. The largest absolute Gasteiger partial charge is 0.335 e. The Balaban J connectivity index is 1.91. The van der Waals surface area contributed by atoms with Crippen molar-refractivity contribution in [1.29, 1.82) is 0 Å². The second-order valence-corrected chi connectivity index (χ2v) is 5.54. The molecule has 1 N–H and O–H groups in total. The lowest BCUT2D eigenvalue weighted by Gasteiger charge is -2.43. The summed E-state index contributed by atoms with van der Waals surface area (Å²) in [6.07, 6.45) is 4.63. The van der Waals surface area contributed by atoms with Gasteiger partial charge in [-0.3, -0.25) is 4.79 Å². The predicted molar refractivity (Wildman–Crippen MR) is 60.6 cm³/mol. The van der Waals surface area contributed by atoms with Crippen molar-refractivity contribution in [2.45, 2.75) is 45.1 Å².